The lowest BCUT2D eigenvalue weighted by Crippen LogP contribution is -2.29. The van der Waals surface area contributed by atoms with Crippen molar-refractivity contribution >= 4 is 17.3 Å². The van der Waals surface area contributed by atoms with E-state index in [0.29, 0.717) is 11.5 Å². The summed E-state index contributed by atoms with van der Waals surface area (Å²) in [5.41, 5.74) is 6.12. The van der Waals surface area contributed by atoms with E-state index in [9.17, 15) is 4.79 Å². The highest BCUT2D eigenvalue weighted by atomic mass is 16.6. The van der Waals surface area contributed by atoms with Crippen LogP contribution in [0.4, 0.5) is 0 Å². The number of nitrogens with one attached hydrogen (secondary N) is 1. The van der Waals surface area contributed by atoms with Gasteiger partial charge in [-0.15, -0.1) is 0 Å². The van der Waals surface area contributed by atoms with Gasteiger partial charge in [-0.1, -0.05) is 59.7 Å². The standard InChI is InChI=1S/C22H25N3O3/c1-14-8-7-11-18(21(25-27-4)22(26)23-3)19(14)13-28-24-20-12-15(2)16-9-5-6-10-17(16)20/h5-11,15H,12-13H2,1-4H3,(H,23,26)/b24-20+,25-21+. The van der Waals surface area contributed by atoms with E-state index in [1.807, 2.05) is 37.3 Å². The second-order valence-corrected chi connectivity index (χ2v) is 6.81. The van der Waals surface area contributed by atoms with Crippen LogP contribution < -0.4 is 5.32 Å². The summed E-state index contributed by atoms with van der Waals surface area (Å²) in [5.74, 6) is 0.111. The van der Waals surface area contributed by atoms with Crippen molar-refractivity contribution in [3.63, 3.8) is 0 Å². The lowest BCUT2D eigenvalue weighted by atomic mass is 9.98. The number of amides is 1. The Hall–Kier alpha value is -3.15. The second kappa shape index (κ2) is 8.69. The van der Waals surface area contributed by atoms with Crippen molar-refractivity contribution in [1.29, 1.82) is 0 Å². The van der Waals surface area contributed by atoms with Gasteiger partial charge in [0.15, 0.2) is 5.71 Å². The molecule has 1 amide bonds. The van der Waals surface area contributed by atoms with Crippen LogP contribution in [-0.4, -0.2) is 31.5 Å². The molecule has 2 aromatic rings. The van der Waals surface area contributed by atoms with Crippen molar-refractivity contribution in [2.75, 3.05) is 14.2 Å². The molecule has 1 aliphatic carbocycles. The first-order valence-corrected chi connectivity index (χ1v) is 9.27. The van der Waals surface area contributed by atoms with Gasteiger partial charge in [0.1, 0.15) is 13.7 Å². The fraction of sp³-hybridized carbons (Fsp3) is 0.318. The molecule has 6 nitrogen and oxygen atoms in total. The van der Waals surface area contributed by atoms with E-state index in [-0.39, 0.29) is 18.2 Å². The van der Waals surface area contributed by atoms with Gasteiger partial charge in [0.05, 0.1) is 5.71 Å². The average Bonchev–Trinajstić information content (AvgIpc) is 3.03. The van der Waals surface area contributed by atoms with Crippen molar-refractivity contribution in [3.8, 4) is 0 Å². The van der Waals surface area contributed by atoms with Crippen LogP contribution in [0, 0.1) is 6.92 Å². The maximum Gasteiger partial charge on any atom is 0.273 e. The van der Waals surface area contributed by atoms with Crippen LogP contribution in [0.3, 0.4) is 0 Å². The molecule has 0 radical (unpaired) electrons. The van der Waals surface area contributed by atoms with Crippen LogP contribution in [0.1, 0.15) is 47.1 Å². The summed E-state index contributed by atoms with van der Waals surface area (Å²) in [4.78, 5) is 22.8. The van der Waals surface area contributed by atoms with E-state index < -0.39 is 0 Å². The molecule has 146 valence electrons. The third-order valence-corrected chi connectivity index (χ3v) is 4.98. The van der Waals surface area contributed by atoms with E-state index in [1.165, 1.54) is 12.7 Å². The highest BCUT2D eigenvalue weighted by molar-refractivity contribution is 6.45. The first-order chi connectivity index (χ1) is 13.6. The molecule has 0 fully saturated rings. The molecule has 1 aliphatic rings. The fourth-order valence-electron chi connectivity index (χ4n) is 3.50. The average molecular weight is 379 g/mol. The molecule has 0 aromatic heterocycles. The highest BCUT2D eigenvalue weighted by Gasteiger charge is 2.24. The lowest BCUT2D eigenvalue weighted by Gasteiger charge is -2.13. The zero-order valence-electron chi connectivity index (χ0n) is 16.7. The van der Waals surface area contributed by atoms with Gasteiger partial charge in [0.25, 0.3) is 5.91 Å². The van der Waals surface area contributed by atoms with Gasteiger partial charge >= 0.3 is 0 Å². The van der Waals surface area contributed by atoms with Crippen LogP contribution in [0.25, 0.3) is 0 Å². The Morgan fingerprint density at radius 3 is 2.75 bits per heavy atom. The predicted octanol–water partition coefficient (Wildman–Crippen LogP) is 3.52. The van der Waals surface area contributed by atoms with Crippen LogP contribution in [0.15, 0.2) is 52.8 Å². The number of hydrogen-bond acceptors (Lipinski definition) is 5. The van der Waals surface area contributed by atoms with E-state index in [1.54, 1.807) is 7.05 Å². The Morgan fingerprint density at radius 2 is 2.00 bits per heavy atom. The summed E-state index contributed by atoms with van der Waals surface area (Å²) in [7, 11) is 2.98. The Labute approximate surface area is 165 Å². The van der Waals surface area contributed by atoms with Gasteiger partial charge in [0, 0.05) is 30.2 Å². The smallest absolute Gasteiger partial charge is 0.273 e. The molecule has 0 spiro atoms. The minimum atomic E-state index is -0.321. The van der Waals surface area contributed by atoms with Crippen molar-refractivity contribution in [2.45, 2.75) is 32.8 Å². The Bertz CT molecular complexity index is 934. The number of nitrogens with zero attached hydrogens (tertiary/aromatic N) is 2. The van der Waals surface area contributed by atoms with E-state index in [4.69, 9.17) is 9.68 Å². The molecule has 28 heavy (non-hydrogen) atoms. The van der Waals surface area contributed by atoms with Crippen LogP contribution >= 0.6 is 0 Å². The van der Waals surface area contributed by atoms with Crippen LogP contribution in [0.5, 0.6) is 0 Å². The largest absolute Gasteiger partial charge is 0.398 e. The highest BCUT2D eigenvalue weighted by Crippen LogP contribution is 2.33. The number of hydrogen-bond donors (Lipinski definition) is 1. The number of fused-ring (bicyclic) bond motifs is 1. The van der Waals surface area contributed by atoms with Crippen LogP contribution in [0.2, 0.25) is 0 Å². The SMILES string of the molecule is CNC(=O)/C(=N/OC)c1cccc(C)c1CO/N=C1\CC(C)c2ccccc21. The molecule has 0 saturated heterocycles. The van der Waals surface area contributed by atoms with Gasteiger partial charge in [-0.05, 0) is 24.0 Å². The molecule has 1 unspecified atom stereocenters. The molecule has 0 bridgehead atoms. The van der Waals surface area contributed by atoms with Gasteiger partial charge < -0.3 is 15.0 Å². The quantitative estimate of drug-likeness (QED) is 0.617. The van der Waals surface area contributed by atoms with Gasteiger partial charge in [-0.25, -0.2) is 0 Å². The number of carbonyl (C=O) groups is 1. The first-order valence-electron chi connectivity index (χ1n) is 9.27. The summed E-state index contributed by atoms with van der Waals surface area (Å²) in [5, 5.41) is 10.9. The normalized spacial score (nSPS) is 17.4. The van der Waals surface area contributed by atoms with Gasteiger partial charge in [-0.2, -0.15) is 0 Å². The van der Waals surface area contributed by atoms with Crippen molar-refractivity contribution in [1.82, 2.24) is 5.32 Å². The predicted molar refractivity (Wildman–Crippen MR) is 110 cm³/mol. The fourth-order valence-corrected chi connectivity index (χ4v) is 3.50. The number of carbonyl (C=O) groups excluding carboxylic acids is 1. The molecule has 0 aliphatic heterocycles. The van der Waals surface area contributed by atoms with Crippen molar-refractivity contribution in [2.24, 2.45) is 10.3 Å². The van der Waals surface area contributed by atoms with Crippen molar-refractivity contribution in [3.05, 3.63) is 70.3 Å². The number of oxime groups is 2. The van der Waals surface area contributed by atoms with Crippen LogP contribution in [-0.2, 0) is 21.1 Å². The molecule has 1 N–H and O–H groups in total. The van der Waals surface area contributed by atoms with Gasteiger partial charge in [-0.3, -0.25) is 4.79 Å². The van der Waals surface area contributed by atoms with E-state index in [0.717, 1.165) is 28.8 Å². The molecule has 2 aromatic carbocycles. The molecular weight excluding hydrogens is 354 g/mol. The maximum atomic E-state index is 12.2. The minimum Gasteiger partial charge on any atom is -0.398 e. The molecule has 1 atom stereocenters. The second-order valence-electron chi connectivity index (χ2n) is 6.81. The summed E-state index contributed by atoms with van der Waals surface area (Å²) in [6, 6.07) is 14.0. The maximum absolute atomic E-state index is 12.2. The molecule has 3 rings (SSSR count). The lowest BCUT2D eigenvalue weighted by molar-refractivity contribution is -0.114. The Balaban J connectivity index is 1.86. The minimum absolute atomic E-state index is 0.208. The first kappa shape index (κ1) is 19.6. The summed E-state index contributed by atoms with van der Waals surface area (Å²) < 4.78 is 0. The summed E-state index contributed by atoms with van der Waals surface area (Å²) in [6.45, 7) is 4.40. The van der Waals surface area contributed by atoms with E-state index in [2.05, 4.69) is 34.7 Å². The zero-order valence-corrected chi connectivity index (χ0v) is 16.7. The number of rotatable bonds is 6. The number of benzene rings is 2. The van der Waals surface area contributed by atoms with Crippen molar-refractivity contribution < 1.29 is 14.5 Å². The molecule has 6 heteroatoms. The molecular formula is C22H25N3O3. The third-order valence-electron chi connectivity index (χ3n) is 4.98. The molecule has 0 heterocycles. The summed E-state index contributed by atoms with van der Waals surface area (Å²) >= 11 is 0. The number of likely N-dealkylation sites (N-methyl/N-ethyl adjacent to an activating group) is 1. The zero-order chi connectivity index (χ0) is 20.1. The Morgan fingerprint density at radius 1 is 1.21 bits per heavy atom. The summed E-state index contributed by atoms with van der Waals surface area (Å²) in [6.07, 6.45) is 0.856. The van der Waals surface area contributed by atoms with Gasteiger partial charge in [0.2, 0.25) is 0 Å². The topological polar surface area (TPSA) is 72.3 Å². The Kier molecular flexibility index (Phi) is 6.09. The van der Waals surface area contributed by atoms with E-state index >= 15 is 0 Å². The molecule has 0 saturated carbocycles. The third kappa shape index (κ3) is 3.91. The monoisotopic (exact) mass is 379 g/mol. The number of aryl methyl sites for hydroxylation is 1.